The van der Waals surface area contributed by atoms with Gasteiger partial charge in [-0.15, -0.1) is 0 Å². The number of alkyl halides is 3. The van der Waals surface area contributed by atoms with Crippen molar-refractivity contribution in [3.8, 4) is 0 Å². The summed E-state index contributed by atoms with van der Waals surface area (Å²) >= 11 is 0. The highest BCUT2D eigenvalue weighted by Gasteiger charge is 2.30. The van der Waals surface area contributed by atoms with Crippen molar-refractivity contribution in [2.75, 3.05) is 7.11 Å². The van der Waals surface area contributed by atoms with Crippen LogP contribution in [0.1, 0.15) is 34.9 Å². The van der Waals surface area contributed by atoms with Crippen LogP contribution in [0.15, 0.2) is 73.3 Å². The second kappa shape index (κ2) is 9.31. The van der Waals surface area contributed by atoms with Crippen molar-refractivity contribution in [3.05, 3.63) is 101 Å². The van der Waals surface area contributed by atoms with E-state index < -0.39 is 11.7 Å². The molecular weight excluding hydrogens is 399 g/mol. The molecule has 2 nitrogen and oxygen atoms in total. The standard InChI is InChI=1S/C26H24F3NO/c1-5-19(22-9-7-6-8-20(22)16-31-4)11-10-17(2)25-14-18(3)23-15-21(26(27,28)29)12-13-24(23)30-25/h5-15H,1,16H2,2-4H3/b17-10+,19-11+. The van der Waals surface area contributed by atoms with Gasteiger partial charge < -0.3 is 4.74 Å². The number of rotatable bonds is 6. The van der Waals surface area contributed by atoms with E-state index in [-0.39, 0.29) is 0 Å². The topological polar surface area (TPSA) is 22.1 Å². The summed E-state index contributed by atoms with van der Waals surface area (Å²) in [7, 11) is 1.66. The molecule has 160 valence electrons. The van der Waals surface area contributed by atoms with Gasteiger partial charge in [0.05, 0.1) is 23.4 Å². The number of allylic oxidation sites excluding steroid dienone is 5. The highest BCUT2D eigenvalue weighted by molar-refractivity contribution is 5.85. The molecule has 0 N–H and O–H groups in total. The highest BCUT2D eigenvalue weighted by atomic mass is 19.4. The Morgan fingerprint density at radius 3 is 2.52 bits per heavy atom. The second-order valence-corrected chi connectivity index (χ2v) is 7.32. The van der Waals surface area contributed by atoms with Gasteiger partial charge in [-0.1, -0.05) is 49.1 Å². The Kier molecular flexibility index (Phi) is 6.76. The molecule has 2 aromatic carbocycles. The van der Waals surface area contributed by atoms with E-state index in [1.807, 2.05) is 49.4 Å². The van der Waals surface area contributed by atoms with Crippen LogP contribution in [0, 0.1) is 6.92 Å². The molecule has 0 bridgehead atoms. The maximum Gasteiger partial charge on any atom is 0.416 e. The fourth-order valence-electron chi connectivity index (χ4n) is 3.42. The molecule has 0 saturated heterocycles. The first-order valence-corrected chi connectivity index (χ1v) is 9.81. The molecular formula is C26H24F3NO. The monoisotopic (exact) mass is 423 g/mol. The van der Waals surface area contributed by atoms with E-state index in [0.717, 1.165) is 45.7 Å². The van der Waals surface area contributed by atoms with Crippen LogP contribution in [0.3, 0.4) is 0 Å². The lowest BCUT2D eigenvalue weighted by molar-refractivity contribution is -0.137. The quantitative estimate of drug-likeness (QED) is 0.386. The first-order chi connectivity index (χ1) is 14.7. The zero-order chi connectivity index (χ0) is 22.6. The van der Waals surface area contributed by atoms with E-state index in [2.05, 4.69) is 11.6 Å². The highest BCUT2D eigenvalue weighted by Crippen LogP contribution is 2.32. The molecule has 0 unspecified atom stereocenters. The molecule has 0 aliphatic carbocycles. The van der Waals surface area contributed by atoms with Gasteiger partial charge in [0, 0.05) is 12.5 Å². The summed E-state index contributed by atoms with van der Waals surface area (Å²) < 4.78 is 44.4. The number of halogens is 3. The predicted molar refractivity (Wildman–Crippen MR) is 120 cm³/mol. The molecule has 1 heterocycles. The van der Waals surface area contributed by atoms with E-state index in [9.17, 15) is 13.2 Å². The largest absolute Gasteiger partial charge is 0.416 e. The third-order valence-corrected chi connectivity index (χ3v) is 5.11. The number of hydrogen-bond donors (Lipinski definition) is 0. The first kappa shape index (κ1) is 22.5. The molecule has 0 spiro atoms. The smallest absolute Gasteiger partial charge is 0.380 e. The minimum absolute atomic E-state index is 0.495. The fraction of sp³-hybridized carbons (Fsp3) is 0.192. The van der Waals surface area contributed by atoms with Crippen LogP contribution < -0.4 is 0 Å². The summed E-state index contributed by atoms with van der Waals surface area (Å²) in [5, 5.41) is 0.502. The lowest BCUT2D eigenvalue weighted by atomic mass is 9.98. The van der Waals surface area contributed by atoms with Gasteiger partial charge in [-0.3, -0.25) is 0 Å². The second-order valence-electron chi connectivity index (χ2n) is 7.32. The number of benzene rings is 2. The van der Waals surface area contributed by atoms with Crippen molar-refractivity contribution in [1.29, 1.82) is 0 Å². The van der Waals surface area contributed by atoms with Gasteiger partial charge >= 0.3 is 6.18 Å². The minimum atomic E-state index is -4.37. The number of hydrogen-bond acceptors (Lipinski definition) is 2. The Bertz CT molecular complexity index is 1170. The van der Waals surface area contributed by atoms with Gasteiger partial charge in [0.25, 0.3) is 0 Å². The molecule has 0 saturated carbocycles. The van der Waals surface area contributed by atoms with Gasteiger partial charge in [-0.05, 0) is 65.9 Å². The van der Waals surface area contributed by atoms with Crippen molar-refractivity contribution >= 4 is 22.0 Å². The molecule has 0 aliphatic heterocycles. The summed E-state index contributed by atoms with van der Waals surface area (Å²) in [6.07, 6.45) is 1.32. The van der Waals surface area contributed by atoms with Crippen LogP contribution in [0.25, 0.3) is 22.0 Å². The fourth-order valence-corrected chi connectivity index (χ4v) is 3.42. The number of aromatic nitrogens is 1. The summed E-state index contributed by atoms with van der Waals surface area (Å²) in [4.78, 5) is 4.57. The van der Waals surface area contributed by atoms with Crippen molar-refractivity contribution < 1.29 is 17.9 Å². The predicted octanol–water partition coefficient (Wildman–Crippen LogP) is 7.38. The number of pyridine rings is 1. The van der Waals surface area contributed by atoms with Crippen LogP contribution in [-0.2, 0) is 17.5 Å². The summed E-state index contributed by atoms with van der Waals surface area (Å²) in [6, 6.07) is 13.4. The Morgan fingerprint density at radius 1 is 1.10 bits per heavy atom. The normalized spacial score (nSPS) is 13.0. The van der Waals surface area contributed by atoms with Crippen molar-refractivity contribution in [3.63, 3.8) is 0 Å². The Morgan fingerprint density at radius 2 is 1.84 bits per heavy atom. The molecule has 0 amide bonds. The van der Waals surface area contributed by atoms with Crippen molar-refractivity contribution in [2.45, 2.75) is 26.6 Å². The van der Waals surface area contributed by atoms with E-state index >= 15 is 0 Å². The lowest BCUT2D eigenvalue weighted by Crippen LogP contribution is -2.05. The zero-order valence-corrected chi connectivity index (χ0v) is 17.8. The maximum atomic E-state index is 13.0. The van der Waals surface area contributed by atoms with Crippen LogP contribution in [0.4, 0.5) is 13.2 Å². The number of aryl methyl sites for hydroxylation is 1. The molecule has 0 radical (unpaired) electrons. The SMILES string of the molecule is C=C/C(=C\C=C(/C)c1cc(C)c2cc(C(F)(F)F)ccc2n1)c1ccccc1COC. The van der Waals surface area contributed by atoms with Gasteiger partial charge in [0.2, 0.25) is 0 Å². The third-order valence-electron chi connectivity index (χ3n) is 5.11. The molecule has 0 aliphatic rings. The zero-order valence-electron chi connectivity index (χ0n) is 17.8. The van der Waals surface area contributed by atoms with Gasteiger partial charge in [-0.25, -0.2) is 4.98 Å². The molecule has 31 heavy (non-hydrogen) atoms. The average molecular weight is 423 g/mol. The lowest BCUT2D eigenvalue weighted by Gasteiger charge is -2.11. The molecule has 0 fully saturated rings. The molecule has 3 rings (SSSR count). The van der Waals surface area contributed by atoms with Crippen LogP contribution in [0.5, 0.6) is 0 Å². The number of fused-ring (bicyclic) bond motifs is 1. The number of ether oxygens (including phenoxy) is 1. The summed E-state index contributed by atoms with van der Waals surface area (Å²) in [6.45, 7) is 8.15. The average Bonchev–Trinajstić information content (AvgIpc) is 2.74. The Balaban J connectivity index is 2.00. The summed E-state index contributed by atoms with van der Waals surface area (Å²) in [5.41, 5.74) is 5.26. The maximum absolute atomic E-state index is 13.0. The molecule has 5 heteroatoms. The van der Waals surface area contributed by atoms with Gasteiger partial charge in [0.15, 0.2) is 0 Å². The van der Waals surface area contributed by atoms with E-state index in [1.54, 1.807) is 20.1 Å². The van der Waals surface area contributed by atoms with Crippen molar-refractivity contribution in [1.82, 2.24) is 4.98 Å². The van der Waals surface area contributed by atoms with Gasteiger partial charge in [-0.2, -0.15) is 13.2 Å². The van der Waals surface area contributed by atoms with E-state index in [1.165, 1.54) is 6.07 Å². The van der Waals surface area contributed by atoms with E-state index in [4.69, 9.17) is 4.74 Å². The summed E-state index contributed by atoms with van der Waals surface area (Å²) in [5.74, 6) is 0. The van der Waals surface area contributed by atoms with Crippen molar-refractivity contribution in [2.24, 2.45) is 0 Å². The van der Waals surface area contributed by atoms with Crippen LogP contribution >= 0.6 is 0 Å². The number of nitrogens with zero attached hydrogens (tertiary/aromatic N) is 1. The Hall–Kier alpha value is -3.18. The molecule has 0 atom stereocenters. The van der Waals surface area contributed by atoms with Gasteiger partial charge in [0.1, 0.15) is 0 Å². The Labute approximate surface area is 180 Å². The molecule has 3 aromatic rings. The van der Waals surface area contributed by atoms with Crippen LogP contribution in [0.2, 0.25) is 0 Å². The third kappa shape index (κ3) is 5.12. The minimum Gasteiger partial charge on any atom is -0.380 e. The van der Waals surface area contributed by atoms with E-state index in [0.29, 0.717) is 17.5 Å². The number of methoxy groups -OCH3 is 1. The van der Waals surface area contributed by atoms with Crippen LogP contribution in [-0.4, -0.2) is 12.1 Å². The first-order valence-electron chi connectivity index (χ1n) is 9.81. The molecule has 1 aromatic heterocycles.